The molecule has 1 aliphatic rings. The zero-order chi connectivity index (χ0) is 21.5. The molecule has 0 unspecified atom stereocenters. The molecule has 1 aromatic carbocycles. The molecule has 7 nitrogen and oxygen atoms in total. The number of hydrogen-bond donors (Lipinski definition) is 1. The normalized spacial score (nSPS) is 15.5. The van der Waals surface area contributed by atoms with Crippen LogP contribution in [0.25, 0.3) is 11.1 Å². The number of pyridine rings is 1. The van der Waals surface area contributed by atoms with Crippen molar-refractivity contribution < 1.29 is 14.3 Å². The highest BCUT2D eigenvalue weighted by Crippen LogP contribution is 2.37. The second-order valence-electron chi connectivity index (χ2n) is 7.71. The summed E-state index contributed by atoms with van der Waals surface area (Å²) in [4.78, 5) is 17.6. The highest BCUT2D eigenvalue weighted by atomic mass is 32.1. The van der Waals surface area contributed by atoms with E-state index in [9.17, 15) is 4.79 Å². The van der Waals surface area contributed by atoms with Crippen molar-refractivity contribution in [1.29, 1.82) is 0 Å². The summed E-state index contributed by atoms with van der Waals surface area (Å²) in [5, 5.41) is 12.7. The van der Waals surface area contributed by atoms with E-state index in [1.807, 2.05) is 24.4 Å². The Kier molecular flexibility index (Phi) is 7.01. The van der Waals surface area contributed by atoms with Gasteiger partial charge in [-0.1, -0.05) is 41.7 Å². The van der Waals surface area contributed by atoms with Crippen LogP contribution in [-0.2, 0) is 27.1 Å². The highest BCUT2D eigenvalue weighted by molar-refractivity contribution is 7.15. The van der Waals surface area contributed by atoms with Gasteiger partial charge in [0.2, 0.25) is 11.0 Å². The average molecular weight is 439 g/mol. The number of ether oxygens (including phenoxy) is 2. The fraction of sp³-hybridized carbons (Fsp3) is 0.391. The molecule has 4 rings (SSSR count). The summed E-state index contributed by atoms with van der Waals surface area (Å²) in [6.45, 7) is 1.73. The van der Waals surface area contributed by atoms with Gasteiger partial charge < -0.3 is 14.8 Å². The van der Waals surface area contributed by atoms with E-state index in [1.165, 1.54) is 11.3 Å². The van der Waals surface area contributed by atoms with Gasteiger partial charge in [-0.3, -0.25) is 9.78 Å². The zero-order valence-corrected chi connectivity index (χ0v) is 18.4. The van der Waals surface area contributed by atoms with Gasteiger partial charge >= 0.3 is 0 Å². The van der Waals surface area contributed by atoms with Crippen molar-refractivity contribution in [2.24, 2.45) is 5.41 Å². The Bertz CT molecular complexity index is 1000. The van der Waals surface area contributed by atoms with Crippen molar-refractivity contribution in [2.45, 2.75) is 25.7 Å². The molecule has 1 N–H and O–H groups in total. The summed E-state index contributed by atoms with van der Waals surface area (Å²) in [6.07, 6.45) is 6.29. The van der Waals surface area contributed by atoms with Crippen LogP contribution < -0.4 is 5.32 Å². The quantitative estimate of drug-likeness (QED) is 0.576. The number of rotatable bonds is 8. The molecule has 0 saturated carbocycles. The molecule has 2 aromatic heterocycles. The van der Waals surface area contributed by atoms with Gasteiger partial charge in [-0.25, -0.2) is 0 Å². The summed E-state index contributed by atoms with van der Waals surface area (Å²) >= 11 is 1.40. The molecule has 1 aliphatic heterocycles. The molecular weight excluding hydrogens is 412 g/mol. The lowest BCUT2D eigenvalue weighted by molar-refractivity contribution is -0.131. The topological polar surface area (TPSA) is 86.2 Å². The van der Waals surface area contributed by atoms with E-state index in [-0.39, 0.29) is 5.91 Å². The van der Waals surface area contributed by atoms with Gasteiger partial charge in [-0.15, -0.1) is 10.2 Å². The first kappa shape index (κ1) is 21.5. The van der Waals surface area contributed by atoms with E-state index in [0.717, 1.165) is 21.7 Å². The third-order valence-electron chi connectivity index (χ3n) is 5.60. The summed E-state index contributed by atoms with van der Waals surface area (Å²) in [5.74, 6) is -0.0166. The Balaban J connectivity index is 1.53. The van der Waals surface area contributed by atoms with Gasteiger partial charge in [0, 0.05) is 39.1 Å². The number of aromatic nitrogens is 3. The minimum absolute atomic E-state index is 0.0166. The van der Waals surface area contributed by atoms with Crippen molar-refractivity contribution in [3.8, 4) is 11.1 Å². The number of hydrogen-bond acceptors (Lipinski definition) is 7. The molecule has 162 valence electrons. The third-order valence-corrected chi connectivity index (χ3v) is 6.50. The first-order valence-corrected chi connectivity index (χ1v) is 11.2. The van der Waals surface area contributed by atoms with E-state index < -0.39 is 5.41 Å². The van der Waals surface area contributed by atoms with Crippen LogP contribution in [0, 0.1) is 5.41 Å². The molecule has 8 heteroatoms. The van der Waals surface area contributed by atoms with Crippen molar-refractivity contribution in [3.05, 3.63) is 59.4 Å². The fourth-order valence-corrected chi connectivity index (χ4v) is 4.57. The number of benzene rings is 1. The summed E-state index contributed by atoms with van der Waals surface area (Å²) in [5.41, 5.74) is 2.74. The van der Waals surface area contributed by atoms with Crippen LogP contribution in [0.15, 0.2) is 48.8 Å². The Morgan fingerprint density at radius 3 is 2.81 bits per heavy atom. The van der Waals surface area contributed by atoms with E-state index in [0.29, 0.717) is 50.6 Å². The monoisotopic (exact) mass is 438 g/mol. The maximum atomic E-state index is 13.4. The second kappa shape index (κ2) is 10.1. The second-order valence-corrected chi connectivity index (χ2v) is 8.77. The lowest BCUT2D eigenvalue weighted by Crippen LogP contribution is -2.42. The van der Waals surface area contributed by atoms with Crippen molar-refractivity contribution in [2.75, 3.05) is 32.2 Å². The highest BCUT2D eigenvalue weighted by Gasteiger charge is 2.40. The van der Waals surface area contributed by atoms with Gasteiger partial charge in [-0.05, 0) is 42.0 Å². The Morgan fingerprint density at radius 1 is 1.19 bits per heavy atom. The average Bonchev–Trinajstić information content (AvgIpc) is 3.26. The SMILES string of the molecule is COCCc1nnc(NC(=O)C2(Cc3cccc(-c4cccnc4)c3)CCOCC2)s1. The standard InChI is InChI=1S/C23H26N4O3S/c1-29-11-7-20-26-27-22(31-20)25-21(28)23(8-12-30-13-9-23)15-17-4-2-5-18(14-17)19-6-3-10-24-16-19/h2-6,10,14,16H,7-9,11-13,15H2,1H3,(H,25,27,28). The maximum Gasteiger partial charge on any atom is 0.232 e. The van der Waals surface area contributed by atoms with Gasteiger partial charge in [0.25, 0.3) is 0 Å². The molecule has 0 radical (unpaired) electrons. The van der Waals surface area contributed by atoms with Gasteiger partial charge in [-0.2, -0.15) is 0 Å². The van der Waals surface area contributed by atoms with Crippen molar-refractivity contribution in [1.82, 2.24) is 15.2 Å². The Hall–Kier alpha value is -2.68. The van der Waals surface area contributed by atoms with Crippen LogP contribution in [0.3, 0.4) is 0 Å². The van der Waals surface area contributed by atoms with E-state index in [1.54, 1.807) is 13.3 Å². The molecule has 0 spiro atoms. The lowest BCUT2D eigenvalue weighted by atomic mass is 9.74. The zero-order valence-electron chi connectivity index (χ0n) is 17.5. The summed E-state index contributed by atoms with van der Waals surface area (Å²) in [6, 6.07) is 12.3. The minimum atomic E-state index is -0.538. The first-order chi connectivity index (χ1) is 15.2. The molecule has 0 bridgehead atoms. The first-order valence-electron chi connectivity index (χ1n) is 10.4. The van der Waals surface area contributed by atoms with Gasteiger partial charge in [0.1, 0.15) is 5.01 Å². The predicted molar refractivity (Wildman–Crippen MR) is 120 cm³/mol. The van der Waals surface area contributed by atoms with Crippen molar-refractivity contribution in [3.63, 3.8) is 0 Å². The van der Waals surface area contributed by atoms with E-state index in [2.05, 4.69) is 38.7 Å². The molecule has 1 saturated heterocycles. The fourth-order valence-electron chi connectivity index (χ4n) is 3.86. The number of carbonyl (C=O) groups excluding carboxylic acids is 1. The van der Waals surface area contributed by atoms with Crippen molar-refractivity contribution >= 4 is 22.4 Å². The largest absolute Gasteiger partial charge is 0.384 e. The number of methoxy groups -OCH3 is 1. The van der Waals surface area contributed by atoms with Crippen LogP contribution in [0.1, 0.15) is 23.4 Å². The molecule has 3 heterocycles. The predicted octanol–water partition coefficient (Wildman–Crippen LogP) is 3.77. The van der Waals surface area contributed by atoms with E-state index in [4.69, 9.17) is 9.47 Å². The Morgan fingerprint density at radius 2 is 2.03 bits per heavy atom. The number of amides is 1. The minimum Gasteiger partial charge on any atom is -0.384 e. The van der Waals surface area contributed by atoms with Crippen LogP contribution in [0.5, 0.6) is 0 Å². The van der Waals surface area contributed by atoms with E-state index >= 15 is 0 Å². The molecule has 31 heavy (non-hydrogen) atoms. The number of carbonyl (C=O) groups is 1. The van der Waals surface area contributed by atoms with Gasteiger partial charge in [0.05, 0.1) is 12.0 Å². The molecule has 0 atom stereocenters. The molecule has 0 aliphatic carbocycles. The molecular formula is C23H26N4O3S. The summed E-state index contributed by atoms with van der Waals surface area (Å²) in [7, 11) is 1.65. The van der Waals surface area contributed by atoms with Crippen LogP contribution >= 0.6 is 11.3 Å². The number of nitrogens with zero attached hydrogens (tertiary/aromatic N) is 3. The maximum absolute atomic E-state index is 13.4. The number of anilines is 1. The Labute approximate surface area is 185 Å². The third kappa shape index (κ3) is 5.33. The van der Waals surface area contributed by atoms with Gasteiger partial charge in [0.15, 0.2) is 0 Å². The smallest absolute Gasteiger partial charge is 0.232 e. The number of nitrogens with one attached hydrogen (secondary N) is 1. The lowest BCUT2D eigenvalue weighted by Gasteiger charge is -2.35. The van der Waals surface area contributed by atoms with Crippen LogP contribution in [0.4, 0.5) is 5.13 Å². The molecule has 1 fully saturated rings. The molecule has 3 aromatic rings. The molecule has 1 amide bonds. The van der Waals surface area contributed by atoms with Crippen LogP contribution in [-0.4, -0.2) is 48.0 Å². The summed E-state index contributed by atoms with van der Waals surface area (Å²) < 4.78 is 10.7. The van der Waals surface area contributed by atoms with Crippen LogP contribution in [0.2, 0.25) is 0 Å².